The number of carbonyl (C=O) groups excluding carboxylic acids is 1. The van der Waals surface area contributed by atoms with Gasteiger partial charge in [0.25, 0.3) is 0 Å². The van der Waals surface area contributed by atoms with E-state index in [4.69, 9.17) is 0 Å². The minimum atomic E-state index is -0.433. The Labute approximate surface area is 146 Å². The van der Waals surface area contributed by atoms with Gasteiger partial charge in [-0.1, -0.05) is 6.92 Å². The number of carbonyl (C=O) groups is 1. The molecule has 2 aliphatic heterocycles. The van der Waals surface area contributed by atoms with Crippen molar-refractivity contribution < 1.29 is 9.18 Å². The molecule has 2 unspecified atom stereocenters. The molecule has 2 aromatic rings. The average Bonchev–Trinajstić information content (AvgIpc) is 2.57. The number of rotatable bonds is 2. The van der Waals surface area contributed by atoms with Gasteiger partial charge < -0.3 is 10.2 Å². The van der Waals surface area contributed by atoms with E-state index in [0.717, 1.165) is 30.4 Å². The molecule has 1 aromatic heterocycles. The molecule has 25 heavy (non-hydrogen) atoms. The molecule has 1 N–H and O–H groups in total. The summed E-state index contributed by atoms with van der Waals surface area (Å²) >= 11 is 0. The average molecular weight is 340 g/mol. The zero-order valence-electron chi connectivity index (χ0n) is 14.4. The second-order valence-corrected chi connectivity index (χ2v) is 7.21. The molecule has 4 rings (SSSR count). The highest BCUT2D eigenvalue weighted by molar-refractivity contribution is 5.91. The molecule has 0 saturated carbocycles. The van der Waals surface area contributed by atoms with Gasteiger partial charge in [-0.15, -0.1) is 0 Å². The van der Waals surface area contributed by atoms with E-state index in [-0.39, 0.29) is 11.7 Å². The number of aryl methyl sites for hydroxylation is 1. The van der Waals surface area contributed by atoms with E-state index in [1.807, 2.05) is 17.9 Å². The first-order chi connectivity index (χ1) is 12.0. The molecule has 5 nitrogen and oxygen atoms in total. The monoisotopic (exact) mass is 340 g/mol. The topological polar surface area (TPSA) is 58.1 Å². The van der Waals surface area contributed by atoms with Crippen molar-refractivity contribution in [3.05, 3.63) is 41.8 Å². The summed E-state index contributed by atoms with van der Waals surface area (Å²) in [5, 5.41) is 10.7. The van der Waals surface area contributed by atoms with Crippen LogP contribution >= 0.6 is 0 Å². The van der Waals surface area contributed by atoms with Gasteiger partial charge in [-0.25, -0.2) is 9.18 Å². The molecule has 6 heteroatoms. The fourth-order valence-electron chi connectivity index (χ4n) is 4.15. The normalized spacial score (nSPS) is 24.6. The van der Waals surface area contributed by atoms with Crippen LogP contribution in [0.4, 0.5) is 14.9 Å². The molecule has 2 fully saturated rings. The van der Waals surface area contributed by atoms with Crippen molar-refractivity contribution in [2.45, 2.75) is 45.2 Å². The lowest BCUT2D eigenvalue weighted by Crippen LogP contribution is -2.63. The van der Waals surface area contributed by atoms with E-state index in [0.29, 0.717) is 23.7 Å². The van der Waals surface area contributed by atoms with Crippen molar-refractivity contribution in [2.75, 3.05) is 5.32 Å². The second-order valence-electron chi connectivity index (χ2n) is 7.21. The summed E-state index contributed by atoms with van der Waals surface area (Å²) in [6, 6.07) is 7.05. The van der Waals surface area contributed by atoms with Crippen LogP contribution in [-0.2, 0) is 0 Å². The number of hydrogen-bond acceptors (Lipinski definition) is 3. The highest BCUT2D eigenvalue weighted by Crippen LogP contribution is 2.41. The van der Waals surface area contributed by atoms with Crippen LogP contribution < -0.4 is 5.32 Å². The van der Waals surface area contributed by atoms with Gasteiger partial charge in [0, 0.05) is 23.8 Å². The van der Waals surface area contributed by atoms with E-state index in [2.05, 4.69) is 22.4 Å². The van der Waals surface area contributed by atoms with Crippen LogP contribution in [0.25, 0.3) is 11.3 Å². The Bertz CT molecular complexity index is 799. The Kier molecular flexibility index (Phi) is 3.90. The van der Waals surface area contributed by atoms with E-state index in [1.165, 1.54) is 6.07 Å². The predicted molar refractivity (Wildman–Crippen MR) is 93.6 cm³/mol. The van der Waals surface area contributed by atoms with Crippen LogP contribution in [0.15, 0.2) is 30.5 Å². The number of aromatic nitrogens is 2. The van der Waals surface area contributed by atoms with Gasteiger partial charge in [0.2, 0.25) is 0 Å². The third-order valence-corrected chi connectivity index (χ3v) is 5.32. The summed E-state index contributed by atoms with van der Waals surface area (Å²) in [4.78, 5) is 14.5. The lowest BCUT2D eigenvalue weighted by Gasteiger charge is -2.54. The van der Waals surface area contributed by atoms with Crippen LogP contribution in [0.2, 0.25) is 0 Å². The second kappa shape index (κ2) is 6.10. The Hall–Kier alpha value is -2.50. The Morgan fingerprint density at radius 2 is 2.04 bits per heavy atom. The largest absolute Gasteiger partial charge is 0.322 e. The molecule has 0 spiro atoms. The smallest absolute Gasteiger partial charge is 0.318 e. The fraction of sp³-hybridized carbons (Fsp3) is 0.421. The van der Waals surface area contributed by atoms with Gasteiger partial charge in [0.1, 0.15) is 5.82 Å². The van der Waals surface area contributed by atoms with E-state index >= 15 is 0 Å². The molecule has 130 valence electrons. The third-order valence-electron chi connectivity index (χ3n) is 5.32. The first kappa shape index (κ1) is 16.0. The maximum atomic E-state index is 14.4. The van der Waals surface area contributed by atoms with Gasteiger partial charge in [0.15, 0.2) is 0 Å². The molecule has 3 atom stereocenters. The highest BCUT2D eigenvalue weighted by Gasteiger charge is 2.46. The summed E-state index contributed by atoms with van der Waals surface area (Å²) in [5.41, 5.74) is 2.37. The number of halogens is 1. The van der Waals surface area contributed by atoms with Crippen molar-refractivity contribution in [1.82, 2.24) is 15.1 Å². The minimum Gasteiger partial charge on any atom is -0.318 e. The number of urea groups is 1. The van der Waals surface area contributed by atoms with E-state index < -0.39 is 5.82 Å². The molecule has 2 amide bonds. The molecule has 0 aliphatic carbocycles. The number of hydrogen-bond donors (Lipinski definition) is 1. The predicted octanol–water partition coefficient (Wildman–Crippen LogP) is 4.00. The van der Waals surface area contributed by atoms with Crippen LogP contribution in [0.1, 0.15) is 31.7 Å². The van der Waals surface area contributed by atoms with Gasteiger partial charge in [-0.2, -0.15) is 10.2 Å². The summed E-state index contributed by atoms with van der Waals surface area (Å²) in [7, 11) is 0. The van der Waals surface area contributed by atoms with Gasteiger partial charge in [-0.05, 0) is 61.9 Å². The fourth-order valence-corrected chi connectivity index (χ4v) is 4.15. The standard InChI is InChI=1S/C19H21FN4O/c1-11-6-13-9-14(7-11)24(13)19(25)22-18-10-15(12(2)8-16(18)20)17-4-3-5-21-23-17/h3-5,8,10-11,13-14H,6-7,9H2,1-2H3,(H,22,25)/t11?,13-,14?/m0/s1. The van der Waals surface area contributed by atoms with Gasteiger partial charge in [-0.3, -0.25) is 0 Å². The summed E-state index contributed by atoms with van der Waals surface area (Å²) < 4.78 is 14.4. The molecular formula is C19H21FN4O. The van der Waals surface area contributed by atoms with Crippen molar-refractivity contribution in [3.63, 3.8) is 0 Å². The van der Waals surface area contributed by atoms with Crippen molar-refractivity contribution >= 4 is 11.7 Å². The molecule has 0 radical (unpaired) electrons. The molecule has 2 bridgehead atoms. The lowest BCUT2D eigenvalue weighted by molar-refractivity contribution is -0.00603. The van der Waals surface area contributed by atoms with E-state index in [9.17, 15) is 9.18 Å². The molecule has 2 aliphatic rings. The maximum absolute atomic E-state index is 14.4. The minimum absolute atomic E-state index is 0.189. The number of nitrogens with one attached hydrogen (secondary N) is 1. The molecule has 2 saturated heterocycles. The van der Waals surface area contributed by atoms with Crippen molar-refractivity contribution in [1.29, 1.82) is 0 Å². The number of anilines is 1. The first-order valence-corrected chi connectivity index (χ1v) is 8.70. The zero-order valence-corrected chi connectivity index (χ0v) is 14.4. The number of piperidine rings is 1. The van der Waals surface area contributed by atoms with Crippen molar-refractivity contribution in [2.24, 2.45) is 5.92 Å². The van der Waals surface area contributed by atoms with Crippen LogP contribution in [-0.4, -0.2) is 33.2 Å². The lowest BCUT2D eigenvalue weighted by atomic mass is 9.74. The van der Waals surface area contributed by atoms with E-state index in [1.54, 1.807) is 18.3 Å². The zero-order chi connectivity index (χ0) is 17.6. The Morgan fingerprint density at radius 3 is 2.72 bits per heavy atom. The summed E-state index contributed by atoms with van der Waals surface area (Å²) in [6.45, 7) is 4.04. The number of benzene rings is 1. The molecular weight excluding hydrogens is 319 g/mol. The highest BCUT2D eigenvalue weighted by atomic mass is 19.1. The first-order valence-electron chi connectivity index (χ1n) is 8.70. The summed E-state index contributed by atoms with van der Waals surface area (Å²) in [5.74, 6) is 0.227. The van der Waals surface area contributed by atoms with Crippen LogP contribution in [0.3, 0.4) is 0 Å². The molecule has 3 heterocycles. The van der Waals surface area contributed by atoms with Crippen LogP contribution in [0, 0.1) is 18.7 Å². The number of nitrogens with zero attached hydrogens (tertiary/aromatic N) is 3. The van der Waals surface area contributed by atoms with Crippen LogP contribution in [0.5, 0.6) is 0 Å². The number of fused-ring (bicyclic) bond motifs is 2. The maximum Gasteiger partial charge on any atom is 0.322 e. The third kappa shape index (κ3) is 2.86. The quantitative estimate of drug-likeness (QED) is 0.899. The van der Waals surface area contributed by atoms with Gasteiger partial charge in [0.05, 0.1) is 11.4 Å². The number of amides is 2. The van der Waals surface area contributed by atoms with Crippen molar-refractivity contribution in [3.8, 4) is 11.3 Å². The molecule has 1 aromatic carbocycles. The summed E-state index contributed by atoms with van der Waals surface area (Å²) in [6.07, 6.45) is 4.73. The SMILES string of the molecule is Cc1cc(F)c(NC(=O)N2C3CC(C)C[C@H]2C3)cc1-c1cccnn1. The Balaban J connectivity index is 1.58. The van der Waals surface area contributed by atoms with Gasteiger partial charge >= 0.3 is 6.03 Å². The Morgan fingerprint density at radius 1 is 1.28 bits per heavy atom.